The zero-order valence-electron chi connectivity index (χ0n) is 16.3. The Kier molecular flexibility index (Phi) is 6.67. The molecule has 0 saturated heterocycles. The van der Waals surface area contributed by atoms with Crippen LogP contribution in [0.3, 0.4) is 0 Å². The van der Waals surface area contributed by atoms with Gasteiger partial charge in [0.1, 0.15) is 0 Å². The topological polar surface area (TPSA) is 75.3 Å². The number of carbonyl (C=O) groups is 1. The van der Waals surface area contributed by atoms with Gasteiger partial charge in [0.25, 0.3) is 15.9 Å². The lowest BCUT2D eigenvalue weighted by Gasteiger charge is -2.12. The van der Waals surface area contributed by atoms with Crippen LogP contribution in [-0.2, 0) is 16.4 Å². The molecule has 3 aromatic rings. The number of nitrogens with one attached hydrogen (secondary N) is 2. The molecular weight excluding hydrogens is 384 g/mol. The zero-order valence-corrected chi connectivity index (χ0v) is 17.1. The van der Waals surface area contributed by atoms with Crippen molar-refractivity contribution in [3.8, 4) is 0 Å². The maximum Gasteiger partial charge on any atom is 0.261 e. The normalized spacial score (nSPS) is 11.1. The molecule has 0 heterocycles. The molecule has 5 nitrogen and oxygen atoms in total. The van der Waals surface area contributed by atoms with E-state index in [1.165, 1.54) is 17.7 Å². The van der Waals surface area contributed by atoms with Crippen LogP contribution in [0.4, 0.5) is 5.69 Å². The molecule has 0 radical (unpaired) electrons. The van der Waals surface area contributed by atoms with Gasteiger partial charge in [-0.15, -0.1) is 0 Å². The van der Waals surface area contributed by atoms with E-state index in [2.05, 4.69) is 22.2 Å². The summed E-state index contributed by atoms with van der Waals surface area (Å²) in [5.41, 5.74) is 2.78. The van der Waals surface area contributed by atoms with Crippen LogP contribution in [0.25, 0.3) is 0 Å². The minimum absolute atomic E-state index is 0.176. The van der Waals surface area contributed by atoms with Gasteiger partial charge >= 0.3 is 0 Å². The van der Waals surface area contributed by atoms with Crippen molar-refractivity contribution in [2.45, 2.75) is 24.7 Å². The molecule has 0 aliphatic heterocycles. The Morgan fingerprint density at radius 3 is 2.24 bits per heavy atom. The fourth-order valence-electron chi connectivity index (χ4n) is 2.92. The molecule has 0 aliphatic carbocycles. The summed E-state index contributed by atoms with van der Waals surface area (Å²) >= 11 is 0. The van der Waals surface area contributed by atoms with Gasteiger partial charge in [0.2, 0.25) is 0 Å². The van der Waals surface area contributed by atoms with Crippen molar-refractivity contribution in [1.29, 1.82) is 0 Å². The molecule has 0 bridgehead atoms. The number of anilines is 1. The van der Waals surface area contributed by atoms with Crippen molar-refractivity contribution in [3.63, 3.8) is 0 Å². The Hall–Kier alpha value is -3.12. The number of benzene rings is 3. The minimum Gasteiger partial charge on any atom is -0.352 e. The first-order valence-electron chi connectivity index (χ1n) is 9.46. The summed E-state index contributed by atoms with van der Waals surface area (Å²) in [5, 5.41) is 2.89. The van der Waals surface area contributed by atoms with E-state index in [1.807, 2.05) is 18.2 Å². The highest BCUT2D eigenvalue weighted by Gasteiger charge is 2.16. The van der Waals surface area contributed by atoms with Gasteiger partial charge in [-0.25, -0.2) is 8.42 Å². The monoisotopic (exact) mass is 408 g/mol. The van der Waals surface area contributed by atoms with E-state index < -0.39 is 10.0 Å². The fraction of sp³-hybridized carbons (Fsp3) is 0.174. The molecule has 0 spiro atoms. The van der Waals surface area contributed by atoms with Crippen LogP contribution in [0.1, 0.15) is 27.9 Å². The van der Waals surface area contributed by atoms with Crippen LogP contribution in [-0.4, -0.2) is 20.9 Å². The summed E-state index contributed by atoms with van der Waals surface area (Å²) in [6, 6.07) is 23.3. The average Bonchev–Trinajstić information content (AvgIpc) is 2.74. The summed E-state index contributed by atoms with van der Waals surface area (Å²) in [5.74, 6) is -0.224. The Balaban J connectivity index is 1.63. The smallest absolute Gasteiger partial charge is 0.261 e. The second kappa shape index (κ2) is 9.39. The largest absolute Gasteiger partial charge is 0.352 e. The molecule has 150 valence electrons. The lowest BCUT2D eigenvalue weighted by atomic mass is 10.1. The van der Waals surface area contributed by atoms with E-state index in [4.69, 9.17) is 0 Å². The molecule has 29 heavy (non-hydrogen) atoms. The summed E-state index contributed by atoms with van der Waals surface area (Å²) in [7, 11) is -3.71. The van der Waals surface area contributed by atoms with Crippen molar-refractivity contribution in [3.05, 3.63) is 95.6 Å². The molecule has 3 aromatic carbocycles. The van der Waals surface area contributed by atoms with E-state index in [0.717, 1.165) is 18.4 Å². The molecule has 1 amide bonds. The molecule has 6 heteroatoms. The van der Waals surface area contributed by atoms with E-state index in [1.54, 1.807) is 43.3 Å². The first kappa shape index (κ1) is 20.6. The number of sulfonamides is 1. The maximum atomic E-state index is 12.6. The van der Waals surface area contributed by atoms with Gasteiger partial charge in [0, 0.05) is 12.1 Å². The van der Waals surface area contributed by atoms with E-state index in [-0.39, 0.29) is 10.8 Å². The van der Waals surface area contributed by atoms with Crippen LogP contribution in [0, 0.1) is 6.92 Å². The molecule has 2 N–H and O–H groups in total. The van der Waals surface area contributed by atoms with Crippen molar-refractivity contribution in [2.75, 3.05) is 11.3 Å². The molecular formula is C23H24N2O3S. The van der Waals surface area contributed by atoms with Crippen molar-refractivity contribution >= 4 is 21.6 Å². The van der Waals surface area contributed by atoms with Crippen LogP contribution in [0.15, 0.2) is 83.8 Å². The van der Waals surface area contributed by atoms with Gasteiger partial charge < -0.3 is 5.32 Å². The summed E-state index contributed by atoms with van der Waals surface area (Å²) in [6.07, 6.45) is 1.71. The predicted molar refractivity (Wildman–Crippen MR) is 116 cm³/mol. The highest BCUT2D eigenvalue weighted by molar-refractivity contribution is 7.92. The number of hydrogen-bond donors (Lipinski definition) is 2. The first-order chi connectivity index (χ1) is 14.0. The number of rotatable bonds is 8. The zero-order chi connectivity index (χ0) is 20.7. The van der Waals surface area contributed by atoms with Crippen molar-refractivity contribution < 1.29 is 13.2 Å². The predicted octanol–water partition coefficient (Wildman–Crippen LogP) is 4.16. The number of aryl methyl sites for hydroxylation is 2. The quantitative estimate of drug-likeness (QED) is 0.550. The molecule has 0 aliphatic rings. The summed E-state index contributed by atoms with van der Waals surface area (Å²) < 4.78 is 27.7. The third kappa shape index (κ3) is 5.68. The Bertz CT molecular complexity index is 1070. The van der Waals surface area contributed by atoms with Gasteiger partial charge in [-0.2, -0.15) is 0 Å². The van der Waals surface area contributed by atoms with Crippen LogP contribution < -0.4 is 10.0 Å². The van der Waals surface area contributed by atoms with Gasteiger partial charge in [0.15, 0.2) is 0 Å². The summed E-state index contributed by atoms with van der Waals surface area (Å²) in [6.45, 7) is 2.34. The molecule has 0 unspecified atom stereocenters. The van der Waals surface area contributed by atoms with Gasteiger partial charge in [-0.3, -0.25) is 9.52 Å². The Labute approximate surface area is 171 Å². The SMILES string of the molecule is Cc1ccc(C(=O)NCCCc2ccccc2)cc1NS(=O)(=O)c1ccccc1. The number of amides is 1. The number of hydrogen-bond acceptors (Lipinski definition) is 3. The van der Waals surface area contributed by atoms with Crippen LogP contribution in [0.2, 0.25) is 0 Å². The molecule has 3 rings (SSSR count). The lowest BCUT2D eigenvalue weighted by Crippen LogP contribution is -2.25. The van der Waals surface area contributed by atoms with Gasteiger partial charge in [-0.1, -0.05) is 54.6 Å². The molecule has 0 fully saturated rings. The molecule has 0 saturated carbocycles. The average molecular weight is 409 g/mol. The van der Waals surface area contributed by atoms with Crippen molar-refractivity contribution in [2.24, 2.45) is 0 Å². The second-order valence-corrected chi connectivity index (χ2v) is 8.48. The Morgan fingerprint density at radius 2 is 1.55 bits per heavy atom. The molecule has 0 aromatic heterocycles. The van der Waals surface area contributed by atoms with Crippen molar-refractivity contribution in [1.82, 2.24) is 5.32 Å². The third-order valence-electron chi connectivity index (χ3n) is 4.57. The lowest BCUT2D eigenvalue weighted by molar-refractivity contribution is 0.0953. The van der Waals surface area contributed by atoms with Crippen LogP contribution >= 0.6 is 0 Å². The van der Waals surface area contributed by atoms with E-state index in [9.17, 15) is 13.2 Å². The van der Waals surface area contributed by atoms with E-state index >= 15 is 0 Å². The second-order valence-electron chi connectivity index (χ2n) is 6.79. The summed E-state index contributed by atoms with van der Waals surface area (Å²) in [4.78, 5) is 12.6. The third-order valence-corrected chi connectivity index (χ3v) is 5.95. The number of carbonyl (C=O) groups excluding carboxylic acids is 1. The first-order valence-corrected chi connectivity index (χ1v) is 10.9. The van der Waals surface area contributed by atoms with Gasteiger partial charge in [0.05, 0.1) is 10.6 Å². The standard InChI is InChI=1S/C23H24N2O3S/c1-18-14-15-20(23(26)24-16-8-11-19-9-4-2-5-10-19)17-22(18)25-29(27,28)21-12-6-3-7-13-21/h2-7,9-10,12-15,17,25H,8,11,16H2,1H3,(H,24,26). The molecule has 0 atom stereocenters. The highest BCUT2D eigenvalue weighted by Crippen LogP contribution is 2.21. The van der Waals surface area contributed by atoms with E-state index in [0.29, 0.717) is 17.8 Å². The fourth-order valence-corrected chi connectivity index (χ4v) is 4.06. The minimum atomic E-state index is -3.71. The highest BCUT2D eigenvalue weighted by atomic mass is 32.2. The van der Waals surface area contributed by atoms with Gasteiger partial charge in [-0.05, 0) is 55.2 Å². The Morgan fingerprint density at radius 1 is 0.897 bits per heavy atom. The van der Waals surface area contributed by atoms with Crippen LogP contribution in [0.5, 0.6) is 0 Å². The maximum absolute atomic E-state index is 12.6.